The first-order valence-corrected chi connectivity index (χ1v) is 4.73. The van der Waals surface area contributed by atoms with Gasteiger partial charge in [0.1, 0.15) is 0 Å². The molecule has 3 heteroatoms. The maximum absolute atomic E-state index is 11.3. The largest absolute Gasteiger partial charge is 0.462 e. The minimum absolute atomic E-state index is 0.307. The van der Waals surface area contributed by atoms with Crippen LogP contribution in [0.25, 0.3) is 0 Å². The molecule has 0 spiro atoms. The van der Waals surface area contributed by atoms with Crippen LogP contribution in [0.3, 0.4) is 0 Å². The van der Waals surface area contributed by atoms with Gasteiger partial charge in [0, 0.05) is 0 Å². The smallest absolute Gasteiger partial charge is 0.338 e. The maximum atomic E-state index is 11.3. The van der Waals surface area contributed by atoms with Crippen LogP contribution < -0.4 is 5.73 Å². The van der Waals surface area contributed by atoms with Crippen LogP contribution in [-0.4, -0.2) is 12.6 Å². The molecule has 0 saturated heterocycles. The molecule has 75 valence electrons. The van der Waals surface area contributed by atoms with Crippen LogP contribution in [0.1, 0.15) is 30.1 Å². The third-order valence-electron chi connectivity index (χ3n) is 1.85. The molecule has 1 radical (unpaired) electrons. The normalized spacial score (nSPS) is 9.79. The van der Waals surface area contributed by atoms with E-state index in [2.05, 4.69) is 0 Å². The first kappa shape index (κ1) is 10.6. The van der Waals surface area contributed by atoms with Gasteiger partial charge < -0.3 is 10.5 Å². The van der Waals surface area contributed by atoms with Crippen LogP contribution in [0.15, 0.2) is 24.3 Å². The van der Waals surface area contributed by atoms with Gasteiger partial charge in [-0.2, -0.15) is 0 Å². The molecule has 14 heavy (non-hydrogen) atoms. The van der Waals surface area contributed by atoms with Crippen molar-refractivity contribution in [2.45, 2.75) is 19.8 Å². The van der Waals surface area contributed by atoms with E-state index in [0.29, 0.717) is 17.9 Å². The van der Waals surface area contributed by atoms with Crippen LogP contribution in [0, 0.1) is 0 Å². The summed E-state index contributed by atoms with van der Waals surface area (Å²) in [4.78, 5) is 11.3. The molecule has 0 atom stereocenters. The van der Waals surface area contributed by atoms with Gasteiger partial charge in [-0.25, -0.2) is 4.79 Å². The number of benzene rings is 1. The predicted molar refractivity (Wildman–Crippen MR) is 54.4 cm³/mol. The van der Waals surface area contributed by atoms with Crippen molar-refractivity contribution in [3.8, 4) is 0 Å². The fourth-order valence-electron chi connectivity index (χ4n) is 0.999. The van der Waals surface area contributed by atoms with Crippen molar-refractivity contribution in [3.63, 3.8) is 0 Å². The highest BCUT2D eigenvalue weighted by Crippen LogP contribution is 2.08. The summed E-state index contributed by atoms with van der Waals surface area (Å²) in [5.74, 6) is -0.307. The van der Waals surface area contributed by atoms with Crippen LogP contribution >= 0.6 is 0 Å². The Morgan fingerprint density at radius 1 is 1.36 bits per heavy atom. The predicted octanol–water partition coefficient (Wildman–Crippen LogP) is 2.56. The molecule has 0 aliphatic carbocycles. The summed E-state index contributed by atoms with van der Waals surface area (Å²) in [6, 6.07) is 6.38. The number of ether oxygens (including phenoxy) is 1. The third kappa shape index (κ3) is 3.09. The van der Waals surface area contributed by atoms with Gasteiger partial charge in [0.25, 0.3) is 0 Å². The molecule has 3 nitrogen and oxygen atoms in total. The lowest BCUT2D eigenvalue weighted by Crippen LogP contribution is -2.05. The standard InChI is InChI=1S/C11H14NO2/c1-2-3-8-14-11(13)9-4-6-10(12)7-5-9/h4-7,12H,2-3,8H2,1H3. The second kappa shape index (κ2) is 5.27. The molecule has 1 N–H and O–H groups in total. The van der Waals surface area contributed by atoms with Crippen molar-refractivity contribution in [3.05, 3.63) is 29.8 Å². The molecule has 0 heterocycles. The van der Waals surface area contributed by atoms with Gasteiger partial charge in [0.15, 0.2) is 0 Å². The second-order valence-corrected chi connectivity index (χ2v) is 3.07. The van der Waals surface area contributed by atoms with Gasteiger partial charge in [-0.3, -0.25) is 0 Å². The van der Waals surface area contributed by atoms with E-state index in [4.69, 9.17) is 10.5 Å². The van der Waals surface area contributed by atoms with E-state index in [9.17, 15) is 4.79 Å². The summed E-state index contributed by atoms with van der Waals surface area (Å²) in [6.45, 7) is 2.51. The number of rotatable bonds is 4. The molecular weight excluding hydrogens is 178 g/mol. The Labute approximate surface area is 83.9 Å². The zero-order valence-corrected chi connectivity index (χ0v) is 8.25. The van der Waals surface area contributed by atoms with Crippen LogP contribution in [0.2, 0.25) is 0 Å². The summed E-state index contributed by atoms with van der Waals surface area (Å²) < 4.78 is 5.01. The Kier molecular flexibility index (Phi) is 3.98. The van der Waals surface area contributed by atoms with Crippen molar-refractivity contribution in [2.24, 2.45) is 0 Å². The third-order valence-corrected chi connectivity index (χ3v) is 1.85. The van der Waals surface area contributed by atoms with E-state index in [0.717, 1.165) is 12.8 Å². The molecule has 0 saturated carbocycles. The summed E-state index contributed by atoms with van der Waals surface area (Å²) >= 11 is 0. The lowest BCUT2D eigenvalue weighted by atomic mass is 10.2. The van der Waals surface area contributed by atoms with Gasteiger partial charge in [0.2, 0.25) is 0 Å². The number of unbranched alkanes of at least 4 members (excludes halogenated alkanes) is 1. The highest BCUT2D eigenvalue weighted by atomic mass is 16.5. The molecule has 0 aliphatic heterocycles. The minimum Gasteiger partial charge on any atom is -0.462 e. The quantitative estimate of drug-likeness (QED) is 0.543. The SMILES string of the molecule is CCCCOC(=O)c1ccc([NH])cc1. The highest BCUT2D eigenvalue weighted by Gasteiger charge is 2.05. The van der Waals surface area contributed by atoms with Crippen molar-refractivity contribution in [1.82, 2.24) is 5.73 Å². The molecule has 1 aromatic carbocycles. The van der Waals surface area contributed by atoms with Crippen molar-refractivity contribution >= 4 is 11.7 Å². The first-order valence-electron chi connectivity index (χ1n) is 4.73. The Morgan fingerprint density at radius 2 is 2.00 bits per heavy atom. The van der Waals surface area contributed by atoms with Crippen molar-refractivity contribution < 1.29 is 9.53 Å². The monoisotopic (exact) mass is 192 g/mol. The zero-order chi connectivity index (χ0) is 10.4. The Morgan fingerprint density at radius 3 is 2.57 bits per heavy atom. The van der Waals surface area contributed by atoms with Gasteiger partial charge in [-0.15, -0.1) is 0 Å². The van der Waals surface area contributed by atoms with Gasteiger partial charge in [0.05, 0.1) is 17.9 Å². The summed E-state index contributed by atoms with van der Waals surface area (Å²) in [5.41, 5.74) is 8.16. The van der Waals surface area contributed by atoms with E-state index < -0.39 is 0 Å². The number of carbonyl (C=O) groups is 1. The molecular formula is C11H14NO2. The average Bonchev–Trinajstić information content (AvgIpc) is 2.19. The number of esters is 1. The van der Waals surface area contributed by atoms with Gasteiger partial charge in [-0.05, 0) is 30.7 Å². The lowest BCUT2D eigenvalue weighted by Gasteiger charge is -2.03. The fourth-order valence-corrected chi connectivity index (χ4v) is 0.999. The number of nitrogens with one attached hydrogen (secondary N) is 1. The lowest BCUT2D eigenvalue weighted by molar-refractivity contribution is 0.0500. The number of hydrogen-bond donors (Lipinski definition) is 0. The Balaban J connectivity index is 2.48. The van der Waals surface area contributed by atoms with Crippen LogP contribution in [0.5, 0.6) is 0 Å². The van der Waals surface area contributed by atoms with E-state index >= 15 is 0 Å². The van der Waals surface area contributed by atoms with Gasteiger partial charge in [-0.1, -0.05) is 13.3 Å². The minimum atomic E-state index is -0.307. The molecule has 0 bridgehead atoms. The number of hydrogen-bond acceptors (Lipinski definition) is 2. The molecule has 0 fully saturated rings. The average molecular weight is 192 g/mol. The molecule has 0 unspecified atom stereocenters. The Bertz CT molecular complexity index is 293. The molecule has 1 aromatic rings. The van der Waals surface area contributed by atoms with E-state index in [1.165, 1.54) is 0 Å². The topological polar surface area (TPSA) is 50.1 Å². The maximum Gasteiger partial charge on any atom is 0.338 e. The van der Waals surface area contributed by atoms with E-state index in [1.807, 2.05) is 6.92 Å². The first-order chi connectivity index (χ1) is 6.74. The highest BCUT2D eigenvalue weighted by molar-refractivity contribution is 5.89. The summed E-state index contributed by atoms with van der Waals surface area (Å²) in [5, 5.41) is 0. The fraction of sp³-hybridized carbons (Fsp3) is 0.364. The molecule has 0 aromatic heterocycles. The summed E-state index contributed by atoms with van der Waals surface area (Å²) in [7, 11) is 0. The number of carbonyl (C=O) groups excluding carboxylic acids is 1. The van der Waals surface area contributed by atoms with Crippen LogP contribution in [0.4, 0.5) is 5.69 Å². The van der Waals surface area contributed by atoms with Crippen molar-refractivity contribution in [2.75, 3.05) is 6.61 Å². The molecule has 0 aliphatic rings. The van der Waals surface area contributed by atoms with E-state index in [1.54, 1.807) is 24.3 Å². The van der Waals surface area contributed by atoms with E-state index in [-0.39, 0.29) is 5.97 Å². The van der Waals surface area contributed by atoms with Crippen molar-refractivity contribution in [1.29, 1.82) is 0 Å². The summed E-state index contributed by atoms with van der Waals surface area (Å²) in [6.07, 6.45) is 1.90. The second-order valence-electron chi connectivity index (χ2n) is 3.07. The van der Waals surface area contributed by atoms with Gasteiger partial charge >= 0.3 is 5.97 Å². The Hall–Kier alpha value is -1.51. The van der Waals surface area contributed by atoms with Crippen LogP contribution in [-0.2, 0) is 4.74 Å². The molecule has 0 amide bonds. The molecule has 1 rings (SSSR count). The zero-order valence-electron chi connectivity index (χ0n) is 8.25.